The van der Waals surface area contributed by atoms with Gasteiger partial charge in [-0.25, -0.2) is 0 Å². The zero-order valence-corrected chi connectivity index (χ0v) is 10.6. The summed E-state index contributed by atoms with van der Waals surface area (Å²) in [4.78, 5) is 0. The highest BCUT2D eigenvalue weighted by Crippen LogP contribution is 2.06. The highest BCUT2D eigenvalue weighted by atomic mass is 28.2. The van der Waals surface area contributed by atoms with Gasteiger partial charge in [-0.2, -0.15) is 0 Å². The molecule has 1 aromatic rings. The van der Waals surface area contributed by atoms with Crippen molar-refractivity contribution in [3.63, 3.8) is 0 Å². The van der Waals surface area contributed by atoms with E-state index >= 15 is 0 Å². The molecule has 0 fully saturated rings. The molecule has 1 N–H and O–H groups in total. The molecule has 0 aliphatic heterocycles. The predicted octanol–water partition coefficient (Wildman–Crippen LogP) is 1.95. The third kappa shape index (κ3) is 5.04. The molecule has 0 atom stereocenters. The van der Waals surface area contributed by atoms with Gasteiger partial charge in [-0.1, -0.05) is 18.2 Å². The highest BCUT2D eigenvalue weighted by molar-refractivity contribution is 6.28. The van der Waals surface area contributed by atoms with Gasteiger partial charge in [0.05, 0.1) is 0 Å². The lowest BCUT2D eigenvalue weighted by molar-refractivity contribution is 0.139. The summed E-state index contributed by atoms with van der Waals surface area (Å²) in [5, 5.41) is 3.35. The minimum absolute atomic E-state index is 0.0184. The van der Waals surface area contributed by atoms with Crippen LogP contribution in [0.3, 0.4) is 0 Å². The van der Waals surface area contributed by atoms with E-state index in [1.807, 2.05) is 18.2 Å². The number of rotatable bonds is 4. The number of nitrogens with one attached hydrogen (secondary N) is 1. The molecule has 0 heterocycles. The molecule has 0 aliphatic rings. The number of hydrogen-bond acceptors (Lipinski definition) is 2. The Morgan fingerprint density at radius 3 is 2.43 bits per heavy atom. The molecule has 0 unspecified atom stereocenters. The number of para-hydroxylation sites is 1. The maximum atomic E-state index is 5.73. The maximum Gasteiger partial charge on any atom is 0.181 e. The van der Waals surface area contributed by atoms with E-state index in [0.29, 0.717) is 0 Å². The molecule has 0 aliphatic carbocycles. The van der Waals surface area contributed by atoms with Gasteiger partial charge in [0.2, 0.25) is 0 Å². The first-order valence-electron chi connectivity index (χ1n) is 5.01. The molecule has 0 radical (unpaired) electrons. The lowest BCUT2D eigenvalue weighted by Gasteiger charge is -2.20. The average Bonchev–Trinajstić information content (AvgIpc) is 2.13. The summed E-state index contributed by atoms with van der Waals surface area (Å²) in [6.45, 7) is 6.30. The van der Waals surface area contributed by atoms with Gasteiger partial charge in [0, 0.05) is 17.5 Å². The van der Waals surface area contributed by atoms with Gasteiger partial charge in [0.1, 0.15) is 0 Å². The molecule has 0 aromatic heterocycles. The van der Waals surface area contributed by atoms with E-state index in [2.05, 4.69) is 38.2 Å². The van der Waals surface area contributed by atoms with Crippen LogP contribution in [-0.4, -0.2) is 21.5 Å². The summed E-state index contributed by atoms with van der Waals surface area (Å²) in [7, 11) is -0.448. The Morgan fingerprint density at radius 2 is 1.86 bits per heavy atom. The van der Waals surface area contributed by atoms with Crippen molar-refractivity contribution in [1.29, 1.82) is 0 Å². The van der Waals surface area contributed by atoms with Crippen LogP contribution in [-0.2, 0) is 4.43 Å². The van der Waals surface area contributed by atoms with Crippen molar-refractivity contribution in [2.24, 2.45) is 0 Å². The lowest BCUT2D eigenvalue weighted by atomic mass is 10.2. The Balaban J connectivity index is 2.17. The lowest BCUT2D eigenvalue weighted by Crippen LogP contribution is -2.25. The summed E-state index contributed by atoms with van der Waals surface area (Å²) < 4.78 is 5.73. The molecule has 0 spiro atoms. The monoisotopic (exact) mass is 209 g/mol. The van der Waals surface area contributed by atoms with Crippen LogP contribution in [0, 0.1) is 0 Å². The van der Waals surface area contributed by atoms with Gasteiger partial charge < -0.3 is 9.74 Å². The molecule has 78 valence electrons. The van der Waals surface area contributed by atoms with E-state index in [0.717, 1.165) is 6.17 Å². The summed E-state index contributed by atoms with van der Waals surface area (Å²) >= 11 is 0. The molecule has 3 heteroatoms. The Morgan fingerprint density at radius 1 is 1.21 bits per heavy atom. The molecule has 0 saturated carbocycles. The molecule has 0 bridgehead atoms. The largest absolute Gasteiger partial charge is 0.418 e. The van der Waals surface area contributed by atoms with Crippen LogP contribution in [0.15, 0.2) is 30.3 Å². The van der Waals surface area contributed by atoms with Crippen LogP contribution in [0.4, 0.5) is 5.69 Å². The zero-order chi connectivity index (χ0) is 10.4. The van der Waals surface area contributed by atoms with Crippen molar-refractivity contribution in [3.8, 4) is 0 Å². The topological polar surface area (TPSA) is 21.3 Å². The van der Waals surface area contributed by atoms with Crippen LogP contribution < -0.4 is 5.32 Å². The SMILES string of the molecule is CC(C)(C)O[SiH2]CNc1ccccc1. The van der Waals surface area contributed by atoms with Gasteiger partial charge in [-0.05, 0) is 32.9 Å². The van der Waals surface area contributed by atoms with Crippen molar-refractivity contribution >= 4 is 15.5 Å². The molecular formula is C11H19NOSi. The highest BCUT2D eigenvalue weighted by Gasteiger charge is 2.08. The Kier molecular flexibility index (Phi) is 4.16. The Bertz CT molecular complexity index is 256. The van der Waals surface area contributed by atoms with Crippen molar-refractivity contribution in [3.05, 3.63) is 30.3 Å². The fourth-order valence-corrected chi connectivity index (χ4v) is 2.21. The van der Waals surface area contributed by atoms with Gasteiger partial charge in [-0.15, -0.1) is 0 Å². The summed E-state index contributed by atoms with van der Waals surface area (Å²) in [6, 6.07) is 10.2. The van der Waals surface area contributed by atoms with Crippen LogP contribution in [0.5, 0.6) is 0 Å². The summed E-state index contributed by atoms with van der Waals surface area (Å²) in [5.41, 5.74) is 1.20. The van der Waals surface area contributed by atoms with Crippen molar-refractivity contribution < 1.29 is 4.43 Å². The molecule has 14 heavy (non-hydrogen) atoms. The third-order valence-corrected chi connectivity index (χ3v) is 3.26. The number of hydrogen-bond donors (Lipinski definition) is 1. The second-order valence-corrected chi connectivity index (χ2v) is 5.45. The molecule has 1 aromatic carbocycles. The van der Waals surface area contributed by atoms with Gasteiger partial charge >= 0.3 is 0 Å². The van der Waals surface area contributed by atoms with E-state index in [9.17, 15) is 0 Å². The summed E-state index contributed by atoms with van der Waals surface area (Å²) in [5.74, 6) is 0. The van der Waals surface area contributed by atoms with Crippen molar-refractivity contribution in [2.45, 2.75) is 26.4 Å². The first-order valence-corrected chi connectivity index (χ1v) is 6.58. The maximum absolute atomic E-state index is 5.73. The smallest absolute Gasteiger partial charge is 0.181 e. The van der Waals surface area contributed by atoms with E-state index < -0.39 is 9.76 Å². The van der Waals surface area contributed by atoms with Crippen molar-refractivity contribution in [2.75, 3.05) is 11.5 Å². The van der Waals surface area contributed by atoms with Gasteiger partial charge in [0.15, 0.2) is 9.76 Å². The second-order valence-electron chi connectivity index (χ2n) is 4.25. The molecule has 0 amide bonds. The Hall–Kier alpha value is -0.803. The van der Waals surface area contributed by atoms with Gasteiger partial charge in [-0.3, -0.25) is 0 Å². The molecule has 0 saturated heterocycles. The predicted molar refractivity (Wildman–Crippen MR) is 64.3 cm³/mol. The fraction of sp³-hybridized carbons (Fsp3) is 0.455. The van der Waals surface area contributed by atoms with E-state index in [4.69, 9.17) is 4.43 Å². The number of benzene rings is 1. The van der Waals surface area contributed by atoms with E-state index in [1.165, 1.54) is 5.69 Å². The number of anilines is 1. The summed E-state index contributed by atoms with van der Waals surface area (Å²) in [6.07, 6.45) is 0.987. The fourth-order valence-electron chi connectivity index (χ4n) is 1.11. The first-order chi connectivity index (χ1) is 6.58. The first kappa shape index (κ1) is 11.3. The van der Waals surface area contributed by atoms with Crippen LogP contribution in [0.1, 0.15) is 20.8 Å². The van der Waals surface area contributed by atoms with E-state index in [1.54, 1.807) is 0 Å². The average molecular weight is 209 g/mol. The van der Waals surface area contributed by atoms with Crippen molar-refractivity contribution in [1.82, 2.24) is 0 Å². The zero-order valence-electron chi connectivity index (χ0n) is 9.21. The van der Waals surface area contributed by atoms with Crippen LogP contribution >= 0.6 is 0 Å². The standard InChI is InChI=1S/C11H19NOSi/c1-11(2,3)13-14-9-12-10-7-5-4-6-8-10/h4-8,12H,9,14H2,1-3H3. The second kappa shape index (κ2) is 5.17. The quantitative estimate of drug-likeness (QED) is 0.604. The van der Waals surface area contributed by atoms with Gasteiger partial charge in [0.25, 0.3) is 0 Å². The normalized spacial score (nSPS) is 12.2. The Labute approximate surface area is 88.6 Å². The molecular weight excluding hydrogens is 190 g/mol. The van der Waals surface area contributed by atoms with E-state index in [-0.39, 0.29) is 5.60 Å². The molecule has 2 nitrogen and oxygen atoms in total. The van der Waals surface area contributed by atoms with Crippen LogP contribution in [0.2, 0.25) is 0 Å². The minimum Gasteiger partial charge on any atom is -0.418 e. The van der Waals surface area contributed by atoms with Crippen LogP contribution in [0.25, 0.3) is 0 Å². The molecule has 1 rings (SSSR count). The minimum atomic E-state index is -0.448. The third-order valence-electron chi connectivity index (χ3n) is 1.74.